The third kappa shape index (κ3) is 8.17. The van der Waals surface area contributed by atoms with Crippen molar-refractivity contribution in [3.05, 3.63) is 65.5 Å². The molecular weight excluding hydrogens is 532 g/mol. The summed E-state index contributed by atoms with van der Waals surface area (Å²) in [5.41, 5.74) is 8.90. The first kappa shape index (κ1) is 26.9. The predicted octanol–water partition coefficient (Wildman–Crippen LogP) is 4.00. The molecule has 180 valence electrons. The highest BCUT2D eigenvalue weighted by Gasteiger charge is 2.18. The number of rotatable bonds is 9. The number of amides is 1. The second kappa shape index (κ2) is 13.4. The van der Waals surface area contributed by atoms with E-state index in [4.69, 9.17) is 5.73 Å². The van der Waals surface area contributed by atoms with E-state index in [2.05, 4.69) is 51.7 Å². The molecule has 0 bridgehead atoms. The van der Waals surface area contributed by atoms with E-state index < -0.39 is 11.8 Å². The fourth-order valence-electron chi connectivity index (χ4n) is 3.94. The highest BCUT2D eigenvalue weighted by Crippen LogP contribution is 2.24. The topological polar surface area (TPSA) is 82.7 Å². The molecular formula is C25H35FIN5O. The average molecular weight is 567 g/mol. The van der Waals surface area contributed by atoms with Gasteiger partial charge in [0, 0.05) is 25.3 Å². The van der Waals surface area contributed by atoms with E-state index in [1.807, 2.05) is 6.92 Å². The van der Waals surface area contributed by atoms with E-state index in [9.17, 15) is 9.18 Å². The lowest BCUT2D eigenvalue weighted by atomic mass is 9.99. The number of carbonyl (C=O) groups is 1. The Balaban J connectivity index is 0.00000385. The molecule has 2 unspecified atom stereocenters. The van der Waals surface area contributed by atoms with Gasteiger partial charge >= 0.3 is 0 Å². The maximum atomic E-state index is 13.2. The lowest BCUT2D eigenvalue weighted by Gasteiger charge is -2.22. The van der Waals surface area contributed by atoms with E-state index in [0.717, 1.165) is 18.7 Å². The first-order valence-electron chi connectivity index (χ1n) is 11.4. The molecule has 8 heteroatoms. The van der Waals surface area contributed by atoms with Crippen molar-refractivity contribution in [3.63, 3.8) is 0 Å². The number of aliphatic imine (C=N–C) groups is 1. The third-order valence-electron chi connectivity index (χ3n) is 5.81. The summed E-state index contributed by atoms with van der Waals surface area (Å²) in [6.07, 6.45) is 2.91. The zero-order valence-electron chi connectivity index (χ0n) is 19.4. The minimum Gasteiger partial charge on any atom is -0.372 e. The molecule has 4 N–H and O–H groups in total. The smallest absolute Gasteiger partial charge is 0.222 e. The molecule has 6 nitrogen and oxygen atoms in total. The number of carbonyl (C=O) groups excluding carboxylic acids is 1. The normalized spacial score (nSPS) is 15.5. The summed E-state index contributed by atoms with van der Waals surface area (Å²) in [6, 6.07) is 14.8. The predicted molar refractivity (Wildman–Crippen MR) is 144 cm³/mol. The number of guanidine groups is 1. The van der Waals surface area contributed by atoms with Gasteiger partial charge in [0.15, 0.2) is 5.96 Å². The van der Waals surface area contributed by atoms with Gasteiger partial charge in [-0.15, -0.1) is 24.0 Å². The van der Waals surface area contributed by atoms with Crippen molar-refractivity contribution in [3.8, 4) is 0 Å². The number of nitrogens with two attached hydrogens (primary N) is 1. The van der Waals surface area contributed by atoms with Crippen LogP contribution in [0.1, 0.15) is 43.9 Å². The number of hydrogen-bond donors (Lipinski definition) is 3. The second-order valence-electron chi connectivity index (χ2n) is 8.30. The molecule has 0 radical (unpaired) electrons. The number of anilines is 1. The van der Waals surface area contributed by atoms with Gasteiger partial charge in [-0.3, -0.25) is 9.79 Å². The minimum absolute atomic E-state index is 0. The number of nitrogens with zero attached hydrogens (tertiary/aromatic N) is 2. The third-order valence-corrected chi connectivity index (χ3v) is 5.81. The highest BCUT2D eigenvalue weighted by molar-refractivity contribution is 14.0. The quantitative estimate of drug-likeness (QED) is 0.243. The molecule has 2 atom stereocenters. The Labute approximate surface area is 213 Å². The van der Waals surface area contributed by atoms with Crippen molar-refractivity contribution < 1.29 is 9.18 Å². The van der Waals surface area contributed by atoms with Crippen molar-refractivity contribution in [2.45, 2.75) is 39.2 Å². The van der Waals surface area contributed by atoms with Gasteiger partial charge in [-0.25, -0.2) is 4.39 Å². The Morgan fingerprint density at radius 1 is 1.18 bits per heavy atom. The molecule has 1 fully saturated rings. The summed E-state index contributed by atoms with van der Waals surface area (Å²) in [5, 5.41) is 6.68. The van der Waals surface area contributed by atoms with Crippen molar-refractivity contribution >= 4 is 41.5 Å². The summed E-state index contributed by atoms with van der Waals surface area (Å²) >= 11 is 0. The fraction of sp³-hybridized carbons (Fsp3) is 0.440. The van der Waals surface area contributed by atoms with Crippen LogP contribution in [0.25, 0.3) is 0 Å². The second-order valence-corrected chi connectivity index (χ2v) is 8.30. The Morgan fingerprint density at radius 2 is 1.88 bits per heavy atom. The molecule has 1 amide bonds. The average Bonchev–Trinajstić information content (AvgIpc) is 3.33. The van der Waals surface area contributed by atoms with E-state index >= 15 is 0 Å². The molecule has 0 saturated carbocycles. The maximum Gasteiger partial charge on any atom is 0.222 e. The van der Waals surface area contributed by atoms with Crippen molar-refractivity contribution in [1.29, 1.82) is 0 Å². The molecule has 3 rings (SSSR count). The Kier molecular flexibility index (Phi) is 10.9. The molecule has 1 saturated heterocycles. The monoisotopic (exact) mass is 567 g/mol. The minimum atomic E-state index is -0.468. The van der Waals surface area contributed by atoms with Gasteiger partial charge in [-0.2, -0.15) is 0 Å². The van der Waals surface area contributed by atoms with Gasteiger partial charge < -0.3 is 21.3 Å². The number of primary amides is 1. The fourth-order valence-corrected chi connectivity index (χ4v) is 3.94. The van der Waals surface area contributed by atoms with Crippen LogP contribution in [0.2, 0.25) is 0 Å². The lowest BCUT2D eigenvalue weighted by molar-refractivity contribution is -0.121. The molecule has 1 aliphatic heterocycles. The first-order valence-corrected chi connectivity index (χ1v) is 11.4. The van der Waals surface area contributed by atoms with Crippen LogP contribution in [-0.2, 0) is 11.2 Å². The maximum absolute atomic E-state index is 13.2. The summed E-state index contributed by atoms with van der Waals surface area (Å²) in [4.78, 5) is 19.0. The van der Waals surface area contributed by atoms with Crippen molar-refractivity contribution in [2.24, 2.45) is 16.6 Å². The van der Waals surface area contributed by atoms with E-state index in [-0.39, 0.29) is 42.4 Å². The molecule has 1 aliphatic rings. The summed E-state index contributed by atoms with van der Waals surface area (Å²) < 4.78 is 13.2. The van der Waals surface area contributed by atoms with Gasteiger partial charge in [0.2, 0.25) is 5.91 Å². The highest BCUT2D eigenvalue weighted by atomic mass is 127. The van der Waals surface area contributed by atoms with E-state index in [1.54, 1.807) is 12.1 Å². The largest absolute Gasteiger partial charge is 0.372 e. The Hall–Kier alpha value is -2.36. The number of halogens is 2. The van der Waals surface area contributed by atoms with Crippen LogP contribution in [-0.4, -0.2) is 38.0 Å². The molecule has 0 aromatic heterocycles. The van der Waals surface area contributed by atoms with Gasteiger partial charge in [0.1, 0.15) is 5.82 Å². The van der Waals surface area contributed by atoms with Gasteiger partial charge in [0.05, 0.1) is 18.5 Å². The van der Waals surface area contributed by atoms with Gasteiger partial charge in [0.25, 0.3) is 0 Å². The summed E-state index contributed by atoms with van der Waals surface area (Å²) in [6.45, 7) is 7.27. The Bertz CT molecular complexity index is 915. The standard InChI is InChI=1S/C25H34FN5O.HI/c1-3-28-25(29-17-21(24(27)32)15-19-9-11-22(26)12-10-19)30-18(2)20-7-6-8-23(16-20)31-13-4-5-14-31;/h6-12,16,18,21H,3-5,13-15,17H2,1-2H3,(H2,27,32)(H2,28,29,30);1H. The molecule has 1 heterocycles. The number of benzene rings is 2. The lowest BCUT2D eigenvalue weighted by Crippen LogP contribution is -2.39. The van der Waals surface area contributed by atoms with Crippen molar-refractivity contribution in [2.75, 3.05) is 31.1 Å². The number of hydrogen-bond acceptors (Lipinski definition) is 3. The van der Waals surface area contributed by atoms with Crippen LogP contribution < -0.4 is 21.3 Å². The zero-order chi connectivity index (χ0) is 22.9. The summed E-state index contributed by atoms with van der Waals surface area (Å²) in [7, 11) is 0. The summed E-state index contributed by atoms with van der Waals surface area (Å²) in [5.74, 6) is -0.550. The van der Waals surface area contributed by atoms with Crippen LogP contribution in [0.15, 0.2) is 53.5 Å². The molecule has 0 spiro atoms. The van der Waals surface area contributed by atoms with Crippen molar-refractivity contribution in [1.82, 2.24) is 10.6 Å². The van der Waals surface area contributed by atoms with E-state index in [0.29, 0.717) is 18.9 Å². The number of nitrogens with one attached hydrogen (secondary N) is 2. The van der Waals surface area contributed by atoms with Crippen LogP contribution in [0.5, 0.6) is 0 Å². The van der Waals surface area contributed by atoms with Gasteiger partial charge in [-0.1, -0.05) is 24.3 Å². The van der Waals surface area contributed by atoms with E-state index in [1.165, 1.54) is 36.2 Å². The van der Waals surface area contributed by atoms with Crippen LogP contribution >= 0.6 is 24.0 Å². The molecule has 33 heavy (non-hydrogen) atoms. The first-order chi connectivity index (χ1) is 15.5. The Morgan fingerprint density at radius 3 is 2.52 bits per heavy atom. The SMILES string of the molecule is CCNC(=NCC(Cc1ccc(F)cc1)C(N)=O)NC(C)c1cccc(N2CCCC2)c1.I. The van der Waals surface area contributed by atoms with Crippen LogP contribution in [0.3, 0.4) is 0 Å². The molecule has 0 aliphatic carbocycles. The zero-order valence-corrected chi connectivity index (χ0v) is 21.7. The van der Waals surface area contributed by atoms with Crippen LogP contribution in [0, 0.1) is 11.7 Å². The molecule has 2 aromatic rings. The van der Waals surface area contributed by atoms with Gasteiger partial charge in [-0.05, 0) is 68.5 Å². The van der Waals surface area contributed by atoms with Crippen LogP contribution in [0.4, 0.5) is 10.1 Å². The molecule has 2 aromatic carbocycles.